The Balaban J connectivity index is 1.59. The van der Waals surface area contributed by atoms with E-state index in [2.05, 4.69) is 30.9 Å². The van der Waals surface area contributed by atoms with Crippen molar-refractivity contribution in [3.8, 4) is 0 Å². The summed E-state index contributed by atoms with van der Waals surface area (Å²) in [5, 5.41) is 29.2. The van der Waals surface area contributed by atoms with Crippen LogP contribution in [0.2, 0.25) is 0 Å². The van der Waals surface area contributed by atoms with Crippen molar-refractivity contribution in [1.82, 2.24) is 30.2 Å². The van der Waals surface area contributed by atoms with E-state index in [1.165, 1.54) is 12.7 Å². The molecule has 2 aromatic heterocycles. The van der Waals surface area contributed by atoms with Crippen LogP contribution in [-0.4, -0.2) is 79.2 Å². The SMILES string of the molecule is CNc1ncnc2c1ncn2[C@H]1C[C@@H](NC(=O)CCNC(=O)OC(C)(C)C)[C@@H](O)[C@H]1O. The van der Waals surface area contributed by atoms with E-state index in [0.717, 1.165) is 0 Å². The van der Waals surface area contributed by atoms with E-state index in [1.807, 2.05) is 0 Å². The third-order valence-electron chi connectivity index (χ3n) is 4.97. The maximum Gasteiger partial charge on any atom is 0.407 e. The maximum atomic E-state index is 12.3. The van der Waals surface area contributed by atoms with Crippen molar-refractivity contribution < 1.29 is 24.5 Å². The molecule has 4 atom stereocenters. The molecule has 0 spiro atoms. The summed E-state index contributed by atoms with van der Waals surface area (Å²) in [7, 11) is 1.72. The molecule has 0 radical (unpaired) electrons. The van der Waals surface area contributed by atoms with Crippen LogP contribution < -0.4 is 16.0 Å². The fourth-order valence-electron chi connectivity index (χ4n) is 3.58. The highest BCUT2D eigenvalue weighted by Gasteiger charge is 2.43. The molecule has 12 heteroatoms. The molecule has 12 nitrogen and oxygen atoms in total. The highest BCUT2D eigenvalue weighted by Crippen LogP contribution is 2.33. The van der Waals surface area contributed by atoms with Gasteiger partial charge in [-0.2, -0.15) is 0 Å². The number of nitrogens with one attached hydrogen (secondary N) is 3. The lowest BCUT2D eigenvalue weighted by molar-refractivity contribution is -0.122. The molecular weight excluding hydrogens is 406 g/mol. The van der Waals surface area contributed by atoms with Gasteiger partial charge in [-0.25, -0.2) is 19.7 Å². The Morgan fingerprint density at radius 2 is 1.97 bits per heavy atom. The Bertz CT molecular complexity index is 941. The molecule has 170 valence electrons. The zero-order chi connectivity index (χ0) is 22.8. The summed E-state index contributed by atoms with van der Waals surface area (Å²) in [6, 6.07) is -1.18. The number of fused-ring (bicyclic) bond motifs is 1. The van der Waals surface area contributed by atoms with Crippen LogP contribution in [0.4, 0.5) is 10.6 Å². The van der Waals surface area contributed by atoms with E-state index in [1.54, 1.807) is 32.4 Å². The zero-order valence-electron chi connectivity index (χ0n) is 18.0. The predicted octanol–water partition coefficient (Wildman–Crippen LogP) is -0.0658. The van der Waals surface area contributed by atoms with E-state index < -0.39 is 36.0 Å². The van der Waals surface area contributed by atoms with Gasteiger partial charge in [-0.15, -0.1) is 0 Å². The zero-order valence-corrected chi connectivity index (χ0v) is 18.0. The normalized spacial score (nSPS) is 23.5. The number of carbonyl (C=O) groups is 2. The quantitative estimate of drug-likeness (QED) is 0.418. The van der Waals surface area contributed by atoms with E-state index in [-0.39, 0.29) is 25.3 Å². The molecule has 1 saturated carbocycles. The number of ether oxygens (including phenoxy) is 1. The second-order valence-corrected chi connectivity index (χ2v) is 8.43. The van der Waals surface area contributed by atoms with E-state index in [9.17, 15) is 19.8 Å². The van der Waals surface area contributed by atoms with Crippen LogP contribution >= 0.6 is 0 Å². The van der Waals surface area contributed by atoms with Gasteiger partial charge in [0.15, 0.2) is 11.5 Å². The molecule has 0 aromatic carbocycles. The van der Waals surface area contributed by atoms with Crippen molar-refractivity contribution >= 4 is 29.0 Å². The summed E-state index contributed by atoms with van der Waals surface area (Å²) in [5.74, 6) is 0.197. The van der Waals surface area contributed by atoms with Gasteiger partial charge in [0.25, 0.3) is 0 Å². The lowest BCUT2D eigenvalue weighted by Gasteiger charge is -2.20. The minimum atomic E-state index is -1.16. The number of aromatic nitrogens is 4. The minimum Gasteiger partial charge on any atom is -0.444 e. The van der Waals surface area contributed by atoms with Crippen LogP contribution in [0.5, 0.6) is 0 Å². The lowest BCUT2D eigenvalue weighted by atomic mass is 10.2. The van der Waals surface area contributed by atoms with Crippen LogP contribution in [0.1, 0.15) is 39.7 Å². The van der Waals surface area contributed by atoms with Crippen molar-refractivity contribution in [3.05, 3.63) is 12.7 Å². The van der Waals surface area contributed by atoms with Crippen molar-refractivity contribution in [2.75, 3.05) is 18.9 Å². The molecule has 31 heavy (non-hydrogen) atoms. The maximum absolute atomic E-state index is 12.3. The van der Waals surface area contributed by atoms with Crippen LogP contribution in [-0.2, 0) is 9.53 Å². The lowest BCUT2D eigenvalue weighted by Crippen LogP contribution is -2.44. The average Bonchev–Trinajstić information content (AvgIpc) is 3.23. The van der Waals surface area contributed by atoms with Crippen LogP contribution in [0.15, 0.2) is 12.7 Å². The fourth-order valence-corrected chi connectivity index (χ4v) is 3.58. The average molecular weight is 435 g/mol. The van der Waals surface area contributed by atoms with Gasteiger partial charge in [0.2, 0.25) is 5.91 Å². The van der Waals surface area contributed by atoms with Gasteiger partial charge in [0, 0.05) is 20.0 Å². The van der Waals surface area contributed by atoms with Gasteiger partial charge in [0.05, 0.1) is 18.4 Å². The number of carbonyl (C=O) groups excluding carboxylic acids is 2. The molecule has 0 saturated heterocycles. The number of amides is 2. The Hall–Kier alpha value is -2.99. The number of anilines is 1. The van der Waals surface area contributed by atoms with Gasteiger partial charge >= 0.3 is 6.09 Å². The summed E-state index contributed by atoms with van der Waals surface area (Å²) in [5.41, 5.74) is 0.443. The molecule has 0 unspecified atom stereocenters. The third kappa shape index (κ3) is 5.20. The van der Waals surface area contributed by atoms with Gasteiger partial charge in [-0.05, 0) is 27.2 Å². The van der Waals surface area contributed by atoms with Gasteiger partial charge in [-0.3, -0.25) is 4.79 Å². The number of rotatable bonds is 6. The molecule has 1 aliphatic carbocycles. The number of alkyl carbamates (subject to hydrolysis) is 1. The molecule has 2 amide bonds. The second-order valence-electron chi connectivity index (χ2n) is 8.43. The Labute approximate surface area is 179 Å². The van der Waals surface area contributed by atoms with Crippen LogP contribution in [0.25, 0.3) is 11.2 Å². The topological polar surface area (TPSA) is 164 Å². The largest absolute Gasteiger partial charge is 0.444 e. The number of imidazole rings is 1. The standard InChI is InChI=1S/C19H29N7O5/c1-19(2,3)31-18(30)21-6-5-12(27)25-10-7-11(15(29)14(10)28)26-9-24-13-16(20-4)22-8-23-17(13)26/h8-11,14-15,28-29H,5-7H2,1-4H3,(H,21,30)(H,25,27)(H,20,22,23)/t10-,11+,14-,15+/m1/s1. The summed E-state index contributed by atoms with van der Waals surface area (Å²) < 4.78 is 6.80. The second kappa shape index (κ2) is 9.02. The molecule has 2 aromatic rings. The van der Waals surface area contributed by atoms with E-state index in [4.69, 9.17) is 4.74 Å². The van der Waals surface area contributed by atoms with E-state index in [0.29, 0.717) is 17.0 Å². The number of nitrogens with zero attached hydrogens (tertiary/aromatic N) is 4. The Morgan fingerprint density at radius 3 is 2.65 bits per heavy atom. The first-order valence-corrected chi connectivity index (χ1v) is 10.1. The van der Waals surface area contributed by atoms with Crippen molar-refractivity contribution in [2.45, 2.75) is 63.5 Å². The van der Waals surface area contributed by atoms with Crippen LogP contribution in [0, 0.1) is 0 Å². The highest BCUT2D eigenvalue weighted by atomic mass is 16.6. The molecule has 0 bridgehead atoms. The molecule has 1 fully saturated rings. The fraction of sp³-hybridized carbons (Fsp3) is 0.632. The molecule has 3 rings (SSSR count). The number of aliphatic hydroxyl groups excluding tert-OH is 2. The van der Waals surface area contributed by atoms with Crippen molar-refractivity contribution in [1.29, 1.82) is 0 Å². The molecule has 0 aliphatic heterocycles. The monoisotopic (exact) mass is 435 g/mol. The van der Waals surface area contributed by atoms with Gasteiger partial charge in [-0.1, -0.05) is 0 Å². The van der Waals surface area contributed by atoms with Crippen molar-refractivity contribution in [3.63, 3.8) is 0 Å². The Morgan fingerprint density at radius 1 is 1.23 bits per heavy atom. The summed E-state index contributed by atoms with van der Waals surface area (Å²) in [6.07, 6.45) is 0.350. The Kier molecular flexibility index (Phi) is 6.60. The van der Waals surface area contributed by atoms with Crippen LogP contribution in [0.3, 0.4) is 0 Å². The van der Waals surface area contributed by atoms with Gasteiger partial charge in [0.1, 0.15) is 29.7 Å². The molecular formula is C19H29N7O5. The number of hydrogen-bond acceptors (Lipinski definition) is 9. The minimum absolute atomic E-state index is 0.00991. The first-order valence-electron chi connectivity index (χ1n) is 10.1. The molecule has 5 N–H and O–H groups in total. The number of hydrogen-bond donors (Lipinski definition) is 5. The van der Waals surface area contributed by atoms with E-state index >= 15 is 0 Å². The van der Waals surface area contributed by atoms with Crippen molar-refractivity contribution in [2.24, 2.45) is 0 Å². The summed E-state index contributed by atoms with van der Waals surface area (Å²) >= 11 is 0. The highest BCUT2D eigenvalue weighted by molar-refractivity contribution is 5.82. The first kappa shape index (κ1) is 22.7. The smallest absolute Gasteiger partial charge is 0.407 e. The number of aliphatic hydroxyl groups is 2. The first-order chi connectivity index (χ1) is 14.6. The molecule has 1 aliphatic rings. The summed E-state index contributed by atoms with van der Waals surface area (Å²) in [6.45, 7) is 5.33. The summed E-state index contributed by atoms with van der Waals surface area (Å²) in [4.78, 5) is 36.6. The third-order valence-corrected chi connectivity index (χ3v) is 4.97. The predicted molar refractivity (Wildman–Crippen MR) is 111 cm³/mol. The van der Waals surface area contributed by atoms with Gasteiger partial charge < -0.3 is 35.5 Å². The molecule has 2 heterocycles.